The Morgan fingerprint density at radius 3 is 1.59 bits per heavy atom. The van der Waals surface area contributed by atoms with Crippen molar-refractivity contribution in [1.29, 1.82) is 0 Å². The number of para-hydroxylation sites is 5. The van der Waals surface area contributed by atoms with E-state index in [1.165, 1.54) is 60.7 Å². The molecular formula is C63H40N2O. The quantitative estimate of drug-likeness (QED) is 0.166. The Labute approximate surface area is 381 Å². The Balaban J connectivity index is 1.09. The minimum Gasteiger partial charge on any atom is -0.455 e. The lowest BCUT2D eigenvalue weighted by atomic mass is 9.82. The molecule has 0 aliphatic heterocycles. The topological polar surface area (TPSA) is 31.0 Å². The average Bonchev–Trinajstić information content (AvgIpc) is 3.93. The Morgan fingerprint density at radius 2 is 0.879 bits per heavy atom. The van der Waals surface area contributed by atoms with Crippen LogP contribution in [0, 0.1) is 0 Å². The molecule has 0 unspecified atom stereocenters. The Morgan fingerprint density at radius 1 is 0.348 bits per heavy atom. The van der Waals surface area contributed by atoms with E-state index >= 15 is 0 Å². The highest BCUT2D eigenvalue weighted by molar-refractivity contribution is 6.14. The van der Waals surface area contributed by atoms with E-state index in [4.69, 9.17) is 9.40 Å². The van der Waals surface area contributed by atoms with E-state index in [1.54, 1.807) is 0 Å². The van der Waals surface area contributed by atoms with Crippen LogP contribution in [0.2, 0.25) is 0 Å². The summed E-state index contributed by atoms with van der Waals surface area (Å²) >= 11 is 0. The molecule has 0 atom stereocenters. The Hall–Kier alpha value is -8.53. The molecule has 0 amide bonds. The number of benzene rings is 10. The van der Waals surface area contributed by atoms with E-state index in [1.807, 2.05) is 6.07 Å². The van der Waals surface area contributed by atoms with Crippen LogP contribution in [0.3, 0.4) is 0 Å². The number of furan rings is 1. The first-order valence-corrected chi connectivity index (χ1v) is 22.9. The molecule has 0 saturated carbocycles. The molecule has 0 N–H and O–H groups in total. The maximum absolute atomic E-state index is 6.74. The average molecular weight is 841 g/mol. The van der Waals surface area contributed by atoms with E-state index < -0.39 is 0 Å². The number of hydrogen-bond acceptors (Lipinski definition) is 2. The zero-order chi connectivity index (χ0) is 43.3. The van der Waals surface area contributed by atoms with Crippen molar-refractivity contribution in [2.24, 2.45) is 0 Å². The van der Waals surface area contributed by atoms with Gasteiger partial charge in [-0.15, -0.1) is 0 Å². The summed E-state index contributed by atoms with van der Waals surface area (Å²) in [5.74, 6) is 0. The summed E-state index contributed by atoms with van der Waals surface area (Å²) in [5.41, 5.74) is 20.6. The molecule has 3 nitrogen and oxygen atoms in total. The molecule has 14 rings (SSSR count). The van der Waals surface area contributed by atoms with Gasteiger partial charge in [0.1, 0.15) is 11.2 Å². The highest BCUT2D eigenvalue weighted by atomic mass is 16.3. The predicted octanol–water partition coefficient (Wildman–Crippen LogP) is 16.5. The van der Waals surface area contributed by atoms with E-state index in [9.17, 15) is 0 Å². The van der Waals surface area contributed by atoms with Crippen molar-refractivity contribution in [3.05, 3.63) is 241 Å². The summed E-state index contributed by atoms with van der Waals surface area (Å²) < 4.78 is 9.17. The van der Waals surface area contributed by atoms with Gasteiger partial charge >= 0.3 is 0 Å². The largest absolute Gasteiger partial charge is 0.455 e. The van der Waals surface area contributed by atoms with E-state index in [0.717, 1.165) is 90.2 Å². The van der Waals surface area contributed by atoms with Crippen molar-refractivity contribution in [2.75, 3.05) is 0 Å². The highest BCUT2D eigenvalue weighted by Crippen LogP contribution is 2.45. The Kier molecular flexibility index (Phi) is 8.11. The summed E-state index contributed by atoms with van der Waals surface area (Å²) in [5, 5.41) is 8.14. The van der Waals surface area contributed by atoms with Gasteiger partial charge in [-0.1, -0.05) is 164 Å². The standard InChI is InChI=1S/C63H40N2O/c1-4-19-46-39(16-1)32-40-17-3-6-21-48(40)55-38-56-50-22-7-11-28-58(50)64-62(57(56)37-43(55)33-41-18-2-5-20-47(41)46)44-34-42(49-26-15-27-54-53-25-10-14-31-61(53)66-63(49)54)35-45(36-44)65-59-29-12-8-23-51(59)52-24-9-13-30-60(52)65/h1-31,34-38H,32-33H2. The predicted molar refractivity (Wildman–Crippen MR) is 275 cm³/mol. The van der Waals surface area contributed by atoms with Gasteiger partial charge in [0.15, 0.2) is 0 Å². The third-order valence-corrected chi connectivity index (χ3v) is 14.1. The molecule has 1 aliphatic carbocycles. The van der Waals surface area contributed by atoms with Gasteiger partial charge in [-0.2, -0.15) is 0 Å². The molecule has 3 heterocycles. The fourth-order valence-electron chi connectivity index (χ4n) is 11.1. The minimum atomic E-state index is 0.775. The van der Waals surface area contributed by atoms with Crippen molar-refractivity contribution in [3.8, 4) is 50.3 Å². The van der Waals surface area contributed by atoms with Crippen molar-refractivity contribution < 1.29 is 4.42 Å². The van der Waals surface area contributed by atoms with Crippen molar-refractivity contribution in [3.63, 3.8) is 0 Å². The van der Waals surface area contributed by atoms with Gasteiger partial charge < -0.3 is 8.98 Å². The molecule has 0 bridgehead atoms. The maximum atomic E-state index is 6.74. The second kappa shape index (κ2) is 14.5. The van der Waals surface area contributed by atoms with Crippen LogP contribution in [0.1, 0.15) is 22.3 Å². The lowest BCUT2D eigenvalue weighted by Crippen LogP contribution is -2.03. The zero-order valence-electron chi connectivity index (χ0n) is 36.0. The third kappa shape index (κ3) is 5.66. The number of fused-ring (bicyclic) bond motifs is 15. The van der Waals surface area contributed by atoms with Crippen molar-refractivity contribution in [1.82, 2.24) is 9.55 Å². The lowest BCUT2D eigenvalue weighted by molar-refractivity contribution is 0.670. The van der Waals surface area contributed by atoms with Crippen molar-refractivity contribution in [2.45, 2.75) is 12.8 Å². The van der Waals surface area contributed by atoms with Gasteiger partial charge in [-0.05, 0) is 123 Å². The smallest absolute Gasteiger partial charge is 0.143 e. The lowest BCUT2D eigenvalue weighted by Gasteiger charge is -2.22. The molecule has 3 aromatic heterocycles. The molecule has 0 spiro atoms. The van der Waals surface area contributed by atoms with Crippen LogP contribution in [0.4, 0.5) is 0 Å². The molecule has 0 saturated heterocycles. The maximum Gasteiger partial charge on any atom is 0.143 e. The van der Waals surface area contributed by atoms with Gasteiger partial charge in [0.05, 0.1) is 22.2 Å². The summed E-state index contributed by atoms with van der Waals surface area (Å²) in [4.78, 5) is 5.66. The molecule has 3 heteroatoms. The second-order valence-corrected chi connectivity index (χ2v) is 17.8. The molecule has 0 radical (unpaired) electrons. The SMILES string of the molecule is c1ccc2c(c1)Cc1ccccc1-c1cc3c(cc1Cc1ccccc1-2)c(-c1cc(-c2cccc4c2oc2ccccc24)cc(-n2c4ccccc4c4ccccc42)c1)nc1ccccc13. The number of hydrogen-bond donors (Lipinski definition) is 0. The molecule has 13 aromatic rings. The van der Waals surface area contributed by atoms with Gasteiger partial charge in [0.2, 0.25) is 0 Å². The Bertz CT molecular complexity index is 4080. The first-order chi connectivity index (χ1) is 32.7. The molecule has 0 fully saturated rings. The van der Waals surface area contributed by atoms with E-state index in [-0.39, 0.29) is 0 Å². The van der Waals surface area contributed by atoms with Crippen LogP contribution in [-0.4, -0.2) is 9.55 Å². The number of nitrogens with zero attached hydrogens (tertiary/aromatic N) is 2. The number of rotatable bonds is 3. The van der Waals surface area contributed by atoms with Gasteiger partial charge in [0.25, 0.3) is 0 Å². The fraction of sp³-hybridized carbons (Fsp3) is 0.0317. The minimum absolute atomic E-state index is 0.775. The van der Waals surface area contributed by atoms with Gasteiger partial charge in [-0.25, -0.2) is 4.98 Å². The summed E-state index contributed by atoms with van der Waals surface area (Å²) in [7, 11) is 0. The number of aromatic nitrogens is 2. The molecule has 10 aromatic carbocycles. The van der Waals surface area contributed by atoms with E-state index in [2.05, 4.69) is 217 Å². The molecular weight excluding hydrogens is 801 g/mol. The summed E-state index contributed by atoms with van der Waals surface area (Å²) in [6.07, 6.45) is 1.62. The van der Waals surface area contributed by atoms with Crippen LogP contribution in [0.5, 0.6) is 0 Å². The molecule has 66 heavy (non-hydrogen) atoms. The van der Waals surface area contributed by atoms with Crippen LogP contribution >= 0.6 is 0 Å². The summed E-state index contributed by atoms with van der Waals surface area (Å²) in [6.45, 7) is 0. The fourth-order valence-corrected chi connectivity index (χ4v) is 11.1. The monoisotopic (exact) mass is 840 g/mol. The zero-order valence-corrected chi connectivity index (χ0v) is 36.0. The van der Waals surface area contributed by atoms with Crippen LogP contribution < -0.4 is 0 Å². The van der Waals surface area contributed by atoms with Crippen LogP contribution in [-0.2, 0) is 12.8 Å². The van der Waals surface area contributed by atoms with Crippen LogP contribution in [0.15, 0.2) is 223 Å². The number of pyridine rings is 1. The van der Waals surface area contributed by atoms with Gasteiger partial charge in [0, 0.05) is 49.1 Å². The van der Waals surface area contributed by atoms with Gasteiger partial charge in [-0.3, -0.25) is 0 Å². The first kappa shape index (κ1) is 36.9. The third-order valence-electron chi connectivity index (χ3n) is 14.1. The second-order valence-electron chi connectivity index (χ2n) is 17.8. The summed E-state index contributed by atoms with van der Waals surface area (Å²) in [6, 6.07) is 79.9. The first-order valence-electron chi connectivity index (χ1n) is 22.9. The highest BCUT2D eigenvalue weighted by Gasteiger charge is 2.23. The van der Waals surface area contributed by atoms with E-state index in [0.29, 0.717) is 0 Å². The van der Waals surface area contributed by atoms with Crippen molar-refractivity contribution >= 4 is 65.4 Å². The molecule has 1 aliphatic rings. The normalized spacial score (nSPS) is 12.4. The van der Waals surface area contributed by atoms with Crippen LogP contribution in [0.25, 0.3) is 116 Å². The molecule has 308 valence electrons.